The number of alkyl halides is 3. The largest absolute Gasteiger partial charge is 0.393 e. The van der Waals surface area contributed by atoms with Gasteiger partial charge >= 0.3 is 6.18 Å². The van der Waals surface area contributed by atoms with Crippen LogP contribution in [0, 0.1) is 5.92 Å². The van der Waals surface area contributed by atoms with Gasteiger partial charge in [-0.25, -0.2) is 5.10 Å². The molecule has 0 aromatic carbocycles. The third-order valence-corrected chi connectivity index (χ3v) is 2.66. The number of hydrogen-bond acceptors (Lipinski definition) is 4. The van der Waals surface area contributed by atoms with Crippen LogP contribution in [-0.4, -0.2) is 34.4 Å². The Morgan fingerprint density at radius 1 is 1.44 bits per heavy atom. The Balaban J connectivity index is 2.07. The molecule has 1 aromatic heterocycles. The van der Waals surface area contributed by atoms with Crippen molar-refractivity contribution in [3.05, 3.63) is 0 Å². The van der Waals surface area contributed by atoms with E-state index in [1.165, 1.54) is 4.90 Å². The third kappa shape index (κ3) is 2.20. The van der Waals surface area contributed by atoms with E-state index < -0.39 is 12.1 Å². The van der Waals surface area contributed by atoms with Gasteiger partial charge in [-0.3, -0.25) is 0 Å². The number of piperidine rings is 1. The third-order valence-electron chi connectivity index (χ3n) is 2.66. The first-order chi connectivity index (χ1) is 7.47. The number of nitrogens with one attached hydrogen (secondary N) is 1. The molecule has 1 fully saturated rings. The van der Waals surface area contributed by atoms with Crippen LogP contribution in [0.15, 0.2) is 0 Å². The van der Waals surface area contributed by atoms with E-state index in [1.807, 2.05) is 0 Å². The van der Waals surface area contributed by atoms with E-state index in [1.54, 1.807) is 0 Å². The van der Waals surface area contributed by atoms with E-state index in [-0.39, 0.29) is 24.9 Å². The standard InChI is InChI=1S/C8H12F3N5/c9-8(10,11)5-2-1-3-16(4-5)7-13-6(12)14-15-7/h5H,1-4H2,(H3,12,13,14,15). The van der Waals surface area contributed by atoms with Gasteiger partial charge < -0.3 is 10.6 Å². The van der Waals surface area contributed by atoms with E-state index in [2.05, 4.69) is 15.2 Å². The zero-order valence-corrected chi connectivity index (χ0v) is 8.46. The number of hydrogen-bond donors (Lipinski definition) is 2. The number of nitrogens with two attached hydrogens (primary N) is 1. The molecule has 0 spiro atoms. The van der Waals surface area contributed by atoms with Crippen molar-refractivity contribution in [2.75, 3.05) is 23.7 Å². The minimum atomic E-state index is -4.15. The summed E-state index contributed by atoms with van der Waals surface area (Å²) in [5.41, 5.74) is 5.33. The smallest absolute Gasteiger partial charge is 0.368 e. The lowest BCUT2D eigenvalue weighted by molar-refractivity contribution is -0.176. The number of aromatic amines is 1. The molecule has 90 valence electrons. The molecule has 0 bridgehead atoms. The first kappa shape index (κ1) is 11.0. The lowest BCUT2D eigenvalue weighted by atomic mass is 9.98. The molecular formula is C8H12F3N5. The van der Waals surface area contributed by atoms with Gasteiger partial charge in [-0.1, -0.05) is 0 Å². The van der Waals surface area contributed by atoms with Gasteiger partial charge in [0.1, 0.15) is 0 Å². The van der Waals surface area contributed by atoms with Crippen LogP contribution in [0.4, 0.5) is 25.1 Å². The molecular weight excluding hydrogens is 223 g/mol. The predicted molar refractivity (Wildman–Crippen MR) is 51.8 cm³/mol. The second kappa shape index (κ2) is 3.84. The highest BCUT2D eigenvalue weighted by Gasteiger charge is 2.42. The van der Waals surface area contributed by atoms with Crippen molar-refractivity contribution in [2.45, 2.75) is 19.0 Å². The van der Waals surface area contributed by atoms with Gasteiger partial charge in [0, 0.05) is 13.1 Å². The number of nitrogens with zero attached hydrogens (tertiary/aromatic N) is 3. The van der Waals surface area contributed by atoms with E-state index >= 15 is 0 Å². The van der Waals surface area contributed by atoms with Gasteiger partial charge in [-0.05, 0) is 12.8 Å². The van der Waals surface area contributed by atoms with Crippen LogP contribution in [-0.2, 0) is 0 Å². The van der Waals surface area contributed by atoms with Gasteiger partial charge in [0.25, 0.3) is 0 Å². The highest BCUT2D eigenvalue weighted by molar-refractivity contribution is 5.34. The molecule has 2 heterocycles. The molecule has 3 N–H and O–H groups in total. The van der Waals surface area contributed by atoms with Crippen LogP contribution in [0.1, 0.15) is 12.8 Å². The van der Waals surface area contributed by atoms with Gasteiger partial charge in [0.2, 0.25) is 11.9 Å². The van der Waals surface area contributed by atoms with Crippen molar-refractivity contribution in [2.24, 2.45) is 5.92 Å². The number of anilines is 2. The Hall–Kier alpha value is -1.47. The average Bonchev–Trinajstić information content (AvgIpc) is 2.64. The Morgan fingerprint density at radius 2 is 2.19 bits per heavy atom. The molecule has 0 amide bonds. The van der Waals surface area contributed by atoms with Crippen LogP contribution in [0.2, 0.25) is 0 Å². The summed E-state index contributed by atoms with van der Waals surface area (Å²) in [6.45, 7) is 0.435. The van der Waals surface area contributed by atoms with Crippen LogP contribution in [0.5, 0.6) is 0 Å². The topological polar surface area (TPSA) is 70.8 Å². The molecule has 0 aliphatic carbocycles. The molecule has 0 saturated carbocycles. The molecule has 0 radical (unpaired) electrons. The Morgan fingerprint density at radius 3 is 2.75 bits per heavy atom. The average molecular weight is 235 g/mol. The van der Waals surface area contributed by atoms with E-state index in [4.69, 9.17) is 5.73 Å². The molecule has 8 heteroatoms. The number of aromatic nitrogens is 3. The van der Waals surface area contributed by atoms with E-state index in [0.717, 1.165) is 0 Å². The van der Waals surface area contributed by atoms with Gasteiger partial charge in [0.05, 0.1) is 5.92 Å². The monoisotopic (exact) mass is 235 g/mol. The van der Waals surface area contributed by atoms with E-state index in [0.29, 0.717) is 13.0 Å². The second-order valence-electron chi connectivity index (χ2n) is 3.85. The summed E-state index contributed by atoms with van der Waals surface area (Å²) in [4.78, 5) is 5.33. The minimum absolute atomic E-state index is 0.0964. The number of rotatable bonds is 1. The van der Waals surface area contributed by atoms with Crippen molar-refractivity contribution in [3.63, 3.8) is 0 Å². The molecule has 2 rings (SSSR count). The zero-order valence-electron chi connectivity index (χ0n) is 8.46. The fraction of sp³-hybridized carbons (Fsp3) is 0.750. The molecule has 1 unspecified atom stereocenters. The Bertz CT molecular complexity index is 361. The predicted octanol–water partition coefficient (Wildman–Crippen LogP) is 1.17. The number of H-pyrrole nitrogens is 1. The molecule has 16 heavy (non-hydrogen) atoms. The normalized spacial score (nSPS) is 22.4. The highest BCUT2D eigenvalue weighted by atomic mass is 19.4. The van der Waals surface area contributed by atoms with Gasteiger partial charge in [-0.15, -0.1) is 5.10 Å². The first-order valence-corrected chi connectivity index (χ1v) is 4.96. The number of nitrogen functional groups attached to an aromatic ring is 1. The molecule has 1 aliphatic rings. The van der Waals surface area contributed by atoms with Crippen LogP contribution >= 0.6 is 0 Å². The molecule has 5 nitrogen and oxygen atoms in total. The van der Waals surface area contributed by atoms with Crippen LogP contribution in [0.3, 0.4) is 0 Å². The maximum absolute atomic E-state index is 12.5. The van der Waals surface area contributed by atoms with Gasteiger partial charge in [0.15, 0.2) is 0 Å². The maximum atomic E-state index is 12.5. The van der Waals surface area contributed by atoms with Crippen LogP contribution < -0.4 is 10.6 Å². The summed E-state index contributed by atoms with van der Waals surface area (Å²) in [6, 6.07) is 0. The van der Waals surface area contributed by atoms with Crippen molar-refractivity contribution >= 4 is 11.9 Å². The second-order valence-corrected chi connectivity index (χ2v) is 3.85. The summed E-state index contributed by atoms with van der Waals surface area (Å²) in [5.74, 6) is -0.948. The van der Waals surface area contributed by atoms with Crippen molar-refractivity contribution in [1.29, 1.82) is 0 Å². The number of halogens is 3. The summed E-state index contributed by atoms with van der Waals surface area (Å²) in [6.07, 6.45) is -3.50. The minimum Gasteiger partial charge on any atom is -0.368 e. The summed E-state index contributed by atoms with van der Waals surface area (Å²) in [5, 5.41) is 6.17. The molecule has 1 saturated heterocycles. The van der Waals surface area contributed by atoms with Crippen molar-refractivity contribution < 1.29 is 13.2 Å². The highest BCUT2D eigenvalue weighted by Crippen LogP contribution is 2.33. The SMILES string of the molecule is Nc1nc(N2CCCC(C(F)(F)F)C2)n[nH]1. The molecule has 1 atom stereocenters. The van der Waals surface area contributed by atoms with E-state index in [9.17, 15) is 13.2 Å². The van der Waals surface area contributed by atoms with Crippen molar-refractivity contribution in [3.8, 4) is 0 Å². The Kier molecular flexibility index (Phi) is 2.64. The Labute approximate surface area is 89.8 Å². The fourth-order valence-electron chi connectivity index (χ4n) is 1.83. The fourth-order valence-corrected chi connectivity index (χ4v) is 1.83. The van der Waals surface area contributed by atoms with Gasteiger partial charge in [-0.2, -0.15) is 18.2 Å². The first-order valence-electron chi connectivity index (χ1n) is 4.96. The van der Waals surface area contributed by atoms with Crippen molar-refractivity contribution in [1.82, 2.24) is 15.2 Å². The lowest BCUT2D eigenvalue weighted by Crippen LogP contribution is -2.42. The summed E-state index contributed by atoms with van der Waals surface area (Å²) in [7, 11) is 0. The zero-order chi connectivity index (χ0) is 11.8. The summed E-state index contributed by atoms with van der Waals surface area (Å²) < 4.78 is 37.6. The lowest BCUT2D eigenvalue weighted by Gasteiger charge is -2.32. The molecule has 1 aliphatic heterocycles. The maximum Gasteiger partial charge on any atom is 0.393 e. The quantitative estimate of drug-likeness (QED) is 0.766. The summed E-state index contributed by atoms with van der Waals surface area (Å²) >= 11 is 0. The van der Waals surface area contributed by atoms with Crippen LogP contribution in [0.25, 0.3) is 0 Å². The molecule has 1 aromatic rings.